The number of hydrogen-bond donors (Lipinski definition) is 2. The van der Waals surface area contributed by atoms with Gasteiger partial charge in [-0.2, -0.15) is 0 Å². The third kappa shape index (κ3) is 4.59. The number of amides is 2. The minimum atomic E-state index is -0.408. The van der Waals surface area contributed by atoms with Crippen molar-refractivity contribution in [2.75, 3.05) is 30.3 Å². The number of carbonyl (C=O) groups excluding carboxylic acids is 2. The van der Waals surface area contributed by atoms with Crippen LogP contribution in [0.1, 0.15) is 29.6 Å². The third-order valence-corrected chi connectivity index (χ3v) is 4.35. The molecule has 0 spiro atoms. The molecule has 26 heavy (non-hydrogen) atoms. The van der Waals surface area contributed by atoms with Gasteiger partial charge in [-0.15, -0.1) is 0 Å². The maximum absolute atomic E-state index is 13.5. The zero-order valence-electron chi connectivity index (χ0n) is 14.5. The molecule has 0 bridgehead atoms. The number of halogens is 1. The normalized spacial score (nSPS) is 14.0. The van der Waals surface area contributed by atoms with E-state index in [1.54, 1.807) is 42.5 Å². The zero-order valence-corrected chi connectivity index (χ0v) is 14.5. The maximum Gasteiger partial charge on any atom is 0.253 e. The summed E-state index contributed by atoms with van der Waals surface area (Å²) in [5.41, 5.74) is 1.39. The van der Waals surface area contributed by atoms with E-state index in [0.717, 1.165) is 32.4 Å². The summed E-state index contributed by atoms with van der Waals surface area (Å²) < 4.78 is 13.5. The molecule has 2 aromatic carbocycles. The van der Waals surface area contributed by atoms with Gasteiger partial charge in [0.15, 0.2) is 0 Å². The van der Waals surface area contributed by atoms with Crippen molar-refractivity contribution in [3.05, 3.63) is 59.9 Å². The van der Waals surface area contributed by atoms with Gasteiger partial charge in [-0.1, -0.05) is 18.2 Å². The van der Waals surface area contributed by atoms with E-state index < -0.39 is 5.82 Å². The van der Waals surface area contributed by atoms with E-state index in [1.807, 2.05) is 4.90 Å². The number of hydrogen-bond acceptors (Lipinski definition) is 3. The van der Waals surface area contributed by atoms with Crippen molar-refractivity contribution in [1.82, 2.24) is 4.90 Å². The number of likely N-dealkylation sites (tertiary alicyclic amines) is 1. The Morgan fingerprint density at radius 2 is 1.77 bits per heavy atom. The Hall–Kier alpha value is -2.89. The second-order valence-electron chi connectivity index (χ2n) is 6.32. The van der Waals surface area contributed by atoms with Crippen LogP contribution in [0.5, 0.6) is 0 Å². The monoisotopic (exact) mass is 355 g/mol. The Morgan fingerprint density at radius 1 is 1.00 bits per heavy atom. The first-order valence-electron chi connectivity index (χ1n) is 8.81. The van der Waals surface area contributed by atoms with Crippen molar-refractivity contribution in [2.45, 2.75) is 19.3 Å². The van der Waals surface area contributed by atoms with E-state index in [9.17, 15) is 14.0 Å². The van der Waals surface area contributed by atoms with Crippen molar-refractivity contribution in [3.8, 4) is 0 Å². The summed E-state index contributed by atoms with van der Waals surface area (Å²) in [7, 11) is 0. The molecule has 0 unspecified atom stereocenters. The topological polar surface area (TPSA) is 61.4 Å². The standard InChI is InChI=1S/C20H22FN3O2/c21-17-9-2-3-10-18(17)22-14-19(25)23-16-8-6-7-15(13-16)20(26)24-11-4-1-5-12-24/h2-3,6-10,13,22H,1,4-5,11-12,14H2,(H,23,25). The number of para-hydroxylation sites is 1. The number of nitrogens with zero attached hydrogens (tertiary/aromatic N) is 1. The highest BCUT2D eigenvalue weighted by molar-refractivity contribution is 5.98. The molecule has 1 fully saturated rings. The molecule has 0 atom stereocenters. The van der Waals surface area contributed by atoms with Gasteiger partial charge in [0, 0.05) is 24.3 Å². The molecule has 3 rings (SSSR count). The quantitative estimate of drug-likeness (QED) is 0.863. The van der Waals surface area contributed by atoms with E-state index in [-0.39, 0.29) is 24.0 Å². The summed E-state index contributed by atoms with van der Waals surface area (Å²) in [4.78, 5) is 26.5. The lowest BCUT2D eigenvalue weighted by molar-refractivity contribution is -0.114. The van der Waals surface area contributed by atoms with Crippen LogP contribution in [0.3, 0.4) is 0 Å². The van der Waals surface area contributed by atoms with Crippen molar-refractivity contribution in [1.29, 1.82) is 0 Å². The molecule has 6 heteroatoms. The average molecular weight is 355 g/mol. The van der Waals surface area contributed by atoms with Gasteiger partial charge in [0.1, 0.15) is 5.82 Å². The summed E-state index contributed by atoms with van der Waals surface area (Å²) in [5, 5.41) is 5.50. The molecule has 5 nitrogen and oxygen atoms in total. The molecule has 2 aromatic rings. The van der Waals surface area contributed by atoms with E-state index >= 15 is 0 Å². The highest BCUT2D eigenvalue weighted by Gasteiger charge is 2.18. The van der Waals surface area contributed by atoms with Gasteiger partial charge in [-0.05, 0) is 49.6 Å². The fourth-order valence-electron chi connectivity index (χ4n) is 2.99. The molecule has 0 saturated carbocycles. The highest BCUT2D eigenvalue weighted by Crippen LogP contribution is 2.17. The molecule has 136 valence electrons. The molecule has 0 aliphatic carbocycles. The Labute approximate surface area is 152 Å². The van der Waals surface area contributed by atoms with E-state index in [4.69, 9.17) is 0 Å². The van der Waals surface area contributed by atoms with Gasteiger partial charge in [0.25, 0.3) is 5.91 Å². The Balaban J connectivity index is 1.58. The molecule has 0 aromatic heterocycles. The number of rotatable bonds is 5. The van der Waals surface area contributed by atoms with Crippen molar-refractivity contribution >= 4 is 23.2 Å². The van der Waals surface area contributed by atoms with Gasteiger partial charge in [0.05, 0.1) is 12.2 Å². The highest BCUT2D eigenvalue weighted by atomic mass is 19.1. The Morgan fingerprint density at radius 3 is 2.54 bits per heavy atom. The summed E-state index contributed by atoms with van der Waals surface area (Å²) in [5.74, 6) is -0.726. The molecular weight excluding hydrogens is 333 g/mol. The molecule has 1 aliphatic heterocycles. The second kappa shape index (κ2) is 8.47. The summed E-state index contributed by atoms with van der Waals surface area (Å²) >= 11 is 0. The third-order valence-electron chi connectivity index (χ3n) is 4.35. The summed E-state index contributed by atoms with van der Waals surface area (Å²) in [6, 6.07) is 13.1. The van der Waals surface area contributed by atoms with Crippen molar-refractivity contribution in [3.63, 3.8) is 0 Å². The van der Waals surface area contributed by atoms with Crippen LogP contribution >= 0.6 is 0 Å². The van der Waals surface area contributed by atoms with Crippen LogP contribution in [-0.4, -0.2) is 36.3 Å². The van der Waals surface area contributed by atoms with Gasteiger partial charge in [-0.3, -0.25) is 9.59 Å². The molecule has 2 N–H and O–H groups in total. The molecule has 1 aliphatic rings. The SMILES string of the molecule is O=C(CNc1ccccc1F)Nc1cccc(C(=O)N2CCCCC2)c1. The van der Waals surface area contributed by atoms with Crippen molar-refractivity contribution < 1.29 is 14.0 Å². The predicted molar refractivity (Wildman–Crippen MR) is 99.7 cm³/mol. The van der Waals surface area contributed by atoms with Crippen LogP contribution in [0.4, 0.5) is 15.8 Å². The number of nitrogens with one attached hydrogen (secondary N) is 2. The number of carbonyl (C=O) groups is 2. The molecule has 0 radical (unpaired) electrons. The molecule has 2 amide bonds. The van der Waals surface area contributed by atoms with Gasteiger partial charge in [0.2, 0.25) is 5.91 Å². The zero-order chi connectivity index (χ0) is 18.4. The second-order valence-corrected chi connectivity index (χ2v) is 6.32. The lowest BCUT2D eigenvalue weighted by atomic mass is 10.1. The van der Waals surface area contributed by atoms with Gasteiger partial charge >= 0.3 is 0 Å². The Bertz CT molecular complexity index is 788. The molecule has 1 heterocycles. The number of piperidine rings is 1. The van der Waals surface area contributed by atoms with Crippen LogP contribution in [0.2, 0.25) is 0 Å². The van der Waals surface area contributed by atoms with E-state index in [2.05, 4.69) is 10.6 Å². The van der Waals surface area contributed by atoms with Crippen LogP contribution in [0.15, 0.2) is 48.5 Å². The Kier molecular flexibility index (Phi) is 5.84. The lowest BCUT2D eigenvalue weighted by Crippen LogP contribution is -2.35. The van der Waals surface area contributed by atoms with Crippen LogP contribution in [-0.2, 0) is 4.79 Å². The fourth-order valence-corrected chi connectivity index (χ4v) is 2.99. The molecule has 1 saturated heterocycles. The smallest absolute Gasteiger partial charge is 0.253 e. The first-order valence-corrected chi connectivity index (χ1v) is 8.81. The van der Waals surface area contributed by atoms with Crippen LogP contribution in [0.25, 0.3) is 0 Å². The first kappa shape index (κ1) is 17.9. The minimum absolute atomic E-state index is 0.00900. The van der Waals surface area contributed by atoms with Crippen molar-refractivity contribution in [2.24, 2.45) is 0 Å². The lowest BCUT2D eigenvalue weighted by Gasteiger charge is -2.26. The molecular formula is C20H22FN3O2. The number of anilines is 2. The van der Waals surface area contributed by atoms with E-state index in [1.165, 1.54) is 6.07 Å². The van der Waals surface area contributed by atoms with Gasteiger partial charge in [-0.25, -0.2) is 4.39 Å². The average Bonchev–Trinajstić information content (AvgIpc) is 2.68. The predicted octanol–water partition coefficient (Wildman–Crippen LogP) is 3.50. The van der Waals surface area contributed by atoms with E-state index in [0.29, 0.717) is 11.3 Å². The minimum Gasteiger partial charge on any atom is -0.374 e. The summed E-state index contributed by atoms with van der Waals surface area (Å²) in [6.45, 7) is 1.50. The fraction of sp³-hybridized carbons (Fsp3) is 0.300. The largest absolute Gasteiger partial charge is 0.374 e. The maximum atomic E-state index is 13.5. The first-order chi connectivity index (χ1) is 12.6. The summed E-state index contributed by atoms with van der Waals surface area (Å²) in [6.07, 6.45) is 3.22. The number of benzene rings is 2. The van der Waals surface area contributed by atoms with Gasteiger partial charge < -0.3 is 15.5 Å². The van der Waals surface area contributed by atoms with Crippen LogP contribution in [0, 0.1) is 5.82 Å². The van der Waals surface area contributed by atoms with Crippen LogP contribution < -0.4 is 10.6 Å².